The van der Waals surface area contributed by atoms with Gasteiger partial charge in [-0.25, -0.2) is 14.2 Å². The van der Waals surface area contributed by atoms with Gasteiger partial charge in [0.2, 0.25) is 5.43 Å². The van der Waals surface area contributed by atoms with Crippen LogP contribution < -0.4 is 15.2 Å². The van der Waals surface area contributed by atoms with E-state index in [9.17, 15) is 24.1 Å². The number of carbonyl (C=O) groups excluding carboxylic acids is 1. The number of anilines is 2. The van der Waals surface area contributed by atoms with Crippen molar-refractivity contribution < 1.29 is 18.8 Å². The Labute approximate surface area is 216 Å². The van der Waals surface area contributed by atoms with Gasteiger partial charge in [0.1, 0.15) is 22.9 Å². The lowest BCUT2D eigenvalue weighted by molar-refractivity contribution is -0.384. The van der Waals surface area contributed by atoms with E-state index in [0.717, 1.165) is 5.82 Å². The van der Waals surface area contributed by atoms with Gasteiger partial charge in [0.15, 0.2) is 0 Å². The van der Waals surface area contributed by atoms with E-state index in [1.807, 2.05) is 23.1 Å². The van der Waals surface area contributed by atoms with Crippen LogP contribution in [0.4, 0.5) is 21.6 Å². The second kappa shape index (κ2) is 10.3. The van der Waals surface area contributed by atoms with Crippen LogP contribution in [0.2, 0.25) is 0 Å². The van der Waals surface area contributed by atoms with Crippen LogP contribution in [0, 0.1) is 15.9 Å². The van der Waals surface area contributed by atoms with Crippen molar-refractivity contribution in [2.75, 3.05) is 42.6 Å². The molecule has 0 saturated carbocycles. The van der Waals surface area contributed by atoms with Crippen LogP contribution in [0.3, 0.4) is 0 Å². The third kappa shape index (κ3) is 4.65. The summed E-state index contributed by atoms with van der Waals surface area (Å²) in [6.07, 6.45) is 3.06. The third-order valence-electron chi connectivity index (χ3n) is 6.49. The van der Waals surface area contributed by atoms with Crippen LogP contribution in [-0.2, 0) is 4.74 Å². The van der Waals surface area contributed by atoms with Crippen LogP contribution in [0.15, 0.2) is 71.8 Å². The topological polar surface area (TPSA) is 111 Å². The van der Waals surface area contributed by atoms with E-state index in [1.54, 1.807) is 23.8 Å². The molecule has 0 atom stereocenters. The van der Waals surface area contributed by atoms with Crippen molar-refractivity contribution in [3.05, 3.63) is 98.7 Å². The molecule has 0 radical (unpaired) electrons. The minimum Gasteiger partial charge on any atom is -0.462 e. The summed E-state index contributed by atoms with van der Waals surface area (Å²) in [6.45, 7) is 3.84. The van der Waals surface area contributed by atoms with Gasteiger partial charge in [-0.15, -0.1) is 0 Å². The molecule has 194 valence electrons. The lowest BCUT2D eigenvalue weighted by atomic mass is 10.1. The SMILES string of the molecule is CCOC(=O)c1cn(-c2ccc(F)cc2)c2cc(N3CCN(c4ccccn4)CC3)c([N+](=O)[O-])cc2c1=O. The van der Waals surface area contributed by atoms with Gasteiger partial charge in [0.05, 0.1) is 22.4 Å². The monoisotopic (exact) mass is 517 g/mol. The smallest absolute Gasteiger partial charge is 0.343 e. The lowest BCUT2D eigenvalue weighted by Crippen LogP contribution is -2.47. The second-order valence-corrected chi connectivity index (χ2v) is 8.72. The largest absolute Gasteiger partial charge is 0.462 e. The van der Waals surface area contributed by atoms with Crippen molar-refractivity contribution in [2.24, 2.45) is 0 Å². The molecule has 38 heavy (non-hydrogen) atoms. The summed E-state index contributed by atoms with van der Waals surface area (Å²) >= 11 is 0. The molecule has 2 aromatic heterocycles. The summed E-state index contributed by atoms with van der Waals surface area (Å²) in [5.41, 5.74) is -0.0138. The van der Waals surface area contributed by atoms with Crippen molar-refractivity contribution in [1.82, 2.24) is 9.55 Å². The van der Waals surface area contributed by atoms with Gasteiger partial charge < -0.3 is 19.1 Å². The van der Waals surface area contributed by atoms with E-state index < -0.39 is 22.1 Å². The molecule has 3 heterocycles. The minimum absolute atomic E-state index is 0.0116. The fourth-order valence-corrected chi connectivity index (χ4v) is 4.64. The molecular weight excluding hydrogens is 493 g/mol. The van der Waals surface area contributed by atoms with Crippen molar-refractivity contribution in [2.45, 2.75) is 6.92 Å². The number of nitro benzene ring substituents is 1. The number of nitrogens with zero attached hydrogens (tertiary/aromatic N) is 5. The summed E-state index contributed by atoms with van der Waals surface area (Å²) in [4.78, 5) is 45.9. The number of nitro groups is 1. The normalized spacial score (nSPS) is 13.5. The molecule has 0 aliphatic carbocycles. The average Bonchev–Trinajstić information content (AvgIpc) is 2.94. The number of halogens is 1. The number of fused-ring (bicyclic) bond motifs is 1. The second-order valence-electron chi connectivity index (χ2n) is 8.72. The van der Waals surface area contributed by atoms with Gasteiger partial charge in [-0.2, -0.15) is 0 Å². The van der Waals surface area contributed by atoms with Gasteiger partial charge in [-0.3, -0.25) is 14.9 Å². The Balaban J connectivity index is 1.65. The number of benzene rings is 2. The van der Waals surface area contributed by atoms with Gasteiger partial charge in [0.25, 0.3) is 5.69 Å². The van der Waals surface area contributed by atoms with Gasteiger partial charge in [-0.05, 0) is 49.4 Å². The van der Waals surface area contributed by atoms with Crippen LogP contribution >= 0.6 is 0 Å². The summed E-state index contributed by atoms with van der Waals surface area (Å²) < 4.78 is 20.3. The first-order valence-corrected chi connectivity index (χ1v) is 12.1. The first-order valence-electron chi connectivity index (χ1n) is 12.1. The molecule has 2 aromatic carbocycles. The highest BCUT2D eigenvalue weighted by atomic mass is 19.1. The molecule has 0 unspecified atom stereocenters. The number of piperazine rings is 1. The van der Waals surface area contributed by atoms with E-state index in [2.05, 4.69) is 9.88 Å². The fourth-order valence-electron chi connectivity index (χ4n) is 4.64. The maximum atomic E-state index is 13.7. The Morgan fingerprint density at radius 3 is 2.42 bits per heavy atom. The Kier molecular flexibility index (Phi) is 6.73. The number of rotatable bonds is 6. The zero-order chi connectivity index (χ0) is 26.8. The predicted molar refractivity (Wildman–Crippen MR) is 141 cm³/mol. The maximum Gasteiger partial charge on any atom is 0.343 e. The van der Waals surface area contributed by atoms with E-state index in [1.165, 1.54) is 36.5 Å². The minimum atomic E-state index is -0.840. The zero-order valence-electron chi connectivity index (χ0n) is 20.5. The number of ether oxygens (including phenoxy) is 1. The fraction of sp³-hybridized carbons (Fsp3) is 0.222. The summed E-state index contributed by atoms with van der Waals surface area (Å²) in [5.74, 6) is -0.462. The highest BCUT2D eigenvalue weighted by molar-refractivity contribution is 5.96. The summed E-state index contributed by atoms with van der Waals surface area (Å²) in [6, 6.07) is 14.0. The molecule has 4 aromatic rings. The summed E-state index contributed by atoms with van der Waals surface area (Å²) in [7, 11) is 0. The van der Waals surface area contributed by atoms with E-state index >= 15 is 0 Å². The Hall–Kier alpha value is -4.80. The number of esters is 1. The van der Waals surface area contributed by atoms with Gasteiger partial charge in [-0.1, -0.05) is 6.07 Å². The molecule has 1 aliphatic rings. The third-order valence-corrected chi connectivity index (χ3v) is 6.49. The average molecular weight is 518 g/mol. The quantitative estimate of drug-likeness (QED) is 0.215. The molecule has 11 heteroatoms. The van der Waals surface area contributed by atoms with E-state index in [0.29, 0.717) is 43.1 Å². The molecule has 1 fully saturated rings. The first-order chi connectivity index (χ1) is 18.4. The number of carbonyl (C=O) groups is 1. The molecule has 5 rings (SSSR count). The highest BCUT2D eigenvalue weighted by Gasteiger charge is 2.27. The van der Waals surface area contributed by atoms with Crippen molar-refractivity contribution in [3.63, 3.8) is 0 Å². The Bertz CT molecular complexity index is 1570. The number of hydrogen-bond acceptors (Lipinski definition) is 8. The highest BCUT2D eigenvalue weighted by Crippen LogP contribution is 2.34. The van der Waals surface area contributed by atoms with Crippen LogP contribution in [0.25, 0.3) is 16.6 Å². The molecule has 1 saturated heterocycles. The number of hydrogen-bond donors (Lipinski definition) is 0. The Morgan fingerprint density at radius 2 is 1.79 bits per heavy atom. The molecule has 1 aliphatic heterocycles. The first kappa shape index (κ1) is 24.9. The molecule has 0 N–H and O–H groups in total. The molecule has 10 nitrogen and oxygen atoms in total. The van der Waals surface area contributed by atoms with Crippen LogP contribution in [0.1, 0.15) is 17.3 Å². The van der Waals surface area contributed by atoms with Gasteiger partial charge in [0, 0.05) is 50.3 Å². The van der Waals surface area contributed by atoms with Crippen LogP contribution in [-0.4, -0.2) is 53.2 Å². The molecule has 0 spiro atoms. The standard InChI is InChI=1S/C27H24FN5O5/c1-2-38-27(35)21-17-32(19-8-6-18(28)7-9-19)22-16-23(24(33(36)37)15-20(22)26(21)34)30-11-13-31(14-12-30)25-5-3-4-10-29-25/h3-10,15-17H,2,11-14H2,1H3. The zero-order valence-corrected chi connectivity index (χ0v) is 20.5. The van der Waals surface area contributed by atoms with Gasteiger partial charge >= 0.3 is 5.97 Å². The van der Waals surface area contributed by atoms with Crippen LogP contribution in [0.5, 0.6) is 0 Å². The van der Waals surface area contributed by atoms with Crippen molar-refractivity contribution in [3.8, 4) is 5.69 Å². The number of aromatic nitrogens is 2. The molecule has 0 bridgehead atoms. The van der Waals surface area contributed by atoms with E-state index in [4.69, 9.17) is 4.74 Å². The number of pyridine rings is 2. The summed E-state index contributed by atoms with van der Waals surface area (Å²) in [5, 5.41) is 12.1. The van der Waals surface area contributed by atoms with E-state index in [-0.39, 0.29) is 23.2 Å². The Morgan fingerprint density at radius 1 is 1.08 bits per heavy atom. The maximum absolute atomic E-state index is 13.7. The van der Waals surface area contributed by atoms with Crippen molar-refractivity contribution in [1.29, 1.82) is 0 Å². The predicted octanol–water partition coefficient (Wildman–Crippen LogP) is 3.94. The van der Waals surface area contributed by atoms with Crippen molar-refractivity contribution >= 4 is 34.1 Å². The lowest BCUT2D eigenvalue weighted by Gasteiger charge is -2.36. The molecular formula is C27H24FN5O5. The molecule has 0 amide bonds.